The zero-order chi connectivity index (χ0) is 22.1. The van der Waals surface area contributed by atoms with Crippen molar-refractivity contribution in [1.82, 2.24) is 10.2 Å². The third-order valence-corrected chi connectivity index (χ3v) is 4.67. The lowest BCUT2D eigenvalue weighted by Crippen LogP contribution is -2.29. The molecule has 2 rings (SSSR count). The number of amides is 2. The smallest absolute Gasteiger partial charge is 0.259 e. The number of para-hydroxylation sites is 1. The van der Waals surface area contributed by atoms with Crippen molar-refractivity contribution in [1.29, 1.82) is 0 Å². The Hall–Kier alpha value is -3.28. The van der Waals surface area contributed by atoms with Crippen molar-refractivity contribution in [3.8, 4) is 11.5 Å². The van der Waals surface area contributed by atoms with E-state index in [1.807, 2.05) is 50.2 Å². The Morgan fingerprint density at radius 3 is 2.53 bits per heavy atom. The van der Waals surface area contributed by atoms with E-state index in [-0.39, 0.29) is 24.5 Å². The molecular formula is C24H30N2O4. The summed E-state index contributed by atoms with van der Waals surface area (Å²) in [6, 6.07) is 13.0. The summed E-state index contributed by atoms with van der Waals surface area (Å²) in [5.41, 5.74) is 2.76. The van der Waals surface area contributed by atoms with Gasteiger partial charge in [0.25, 0.3) is 5.91 Å². The number of ether oxygens (including phenoxy) is 2. The first kappa shape index (κ1) is 23.0. The van der Waals surface area contributed by atoms with Crippen LogP contribution in [0, 0.1) is 6.92 Å². The number of likely N-dealkylation sites (N-methyl/N-ethyl adjacent to an activating group) is 1. The predicted molar refractivity (Wildman–Crippen MR) is 119 cm³/mol. The second kappa shape index (κ2) is 11.0. The Balaban J connectivity index is 2.13. The quantitative estimate of drug-likeness (QED) is 0.640. The number of nitrogens with zero attached hydrogens (tertiary/aromatic N) is 1. The highest BCUT2D eigenvalue weighted by molar-refractivity contribution is 5.92. The first-order valence-corrected chi connectivity index (χ1v) is 9.90. The molecule has 0 heterocycles. The van der Waals surface area contributed by atoms with Gasteiger partial charge in [0, 0.05) is 31.3 Å². The molecule has 0 bridgehead atoms. The monoisotopic (exact) mass is 410 g/mol. The first-order chi connectivity index (χ1) is 14.3. The molecule has 1 N–H and O–H groups in total. The second-order valence-corrected chi connectivity index (χ2v) is 7.16. The molecule has 0 saturated carbocycles. The van der Waals surface area contributed by atoms with Crippen molar-refractivity contribution < 1.29 is 19.1 Å². The van der Waals surface area contributed by atoms with Gasteiger partial charge >= 0.3 is 0 Å². The van der Waals surface area contributed by atoms with Gasteiger partial charge in [-0.05, 0) is 37.6 Å². The van der Waals surface area contributed by atoms with Crippen LogP contribution in [0.1, 0.15) is 36.1 Å². The first-order valence-electron chi connectivity index (χ1n) is 9.90. The number of nitrogens with one attached hydrogen (secondary N) is 1. The largest absolute Gasteiger partial charge is 0.496 e. The summed E-state index contributed by atoms with van der Waals surface area (Å²) in [7, 11) is 4.97. The fraction of sp³-hybridized carbons (Fsp3) is 0.333. The van der Waals surface area contributed by atoms with E-state index in [1.54, 1.807) is 33.3 Å². The SMILES string of the molecule is CCC(NC(=O)/C=C/c1cc(C)ccc1OC)c1ccccc1OCC(=O)N(C)C. The fourth-order valence-electron chi connectivity index (χ4n) is 2.94. The Morgan fingerprint density at radius 2 is 1.87 bits per heavy atom. The summed E-state index contributed by atoms with van der Waals surface area (Å²) in [6.45, 7) is 3.92. The molecule has 0 aromatic heterocycles. The number of aryl methyl sites for hydroxylation is 1. The molecule has 30 heavy (non-hydrogen) atoms. The maximum atomic E-state index is 12.6. The molecule has 0 aliphatic carbocycles. The van der Waals surface area contributed by atoms with Crippen LogP contribution in [-0.2, 0) is 9.59 Å². The van der Waals surface area contributed by atoms with E-state index in [4.69, 9.17) is 9.47 Å². The van der Waals surface area contributed by atoms with Crippen molar-refractivity contribution in [3.05, 3.63) is 65.2 Å². The standard InChI is InChI=1S/C24H30N2O4/c1-6-20(19-9-7-8-10-22(19)30-16-24(28)26(3)4)25-23(27)14-12-18-15-17(2)11-13-21(18)29-5/h7-15,20H,6,16H2,1-5H3,(H,25,27)/b14-12+. The average Bonchev–Trinajstić information content (AvgIpc) is 2.74. The van der Waals surface area contributed by atoms with Gasteiger partial charge in [-0.3, -0.25) is 9.59 Å². The molecule has 0 radical (unpaired) electrons. The molecule has 0 aliphatic rings. The normalized spacial score (nSPS) is 11.8. The number of carbonyl (C=O) groups is 2. The molecule has 0 spiro atoms. The van der Waals surface area contributed by atoms with Crippen LogP contribution in [0.4, 0.5) is 0 Å². The summed E-state index contributed by atoms with van der Waals surface area (Å²) in [5, 5.41) is 3.01. The van der Waals surface area contributed by atoms with Crippen LogP contribution in [0.5, 0.6) is 11.5 Å². The third kappa shape index (κ3) is 6.37. The number of rotatable bonds is 9. The summed E-state index contributed by atoms with van der Waals surface area (Å²) >= 11 is 0. The minimum atomic E-state index is -0.243. The molecule has 2 aromatic carbocycles. The topological polar surface area (TPSA) is 67.9 Å². The minimum absolute atomic E-state index is 0.0541. The lowest BCUT2D eigenvalue weighted by Gasteiger charge is -2.20. The number of carbonyl (C=O) groups excluding carboxylic acids is 2. The Morgan fingerprint density at radius 1 is 1.13 bits per heavy atom. The van der Waals surface area contributed by atoms with E-state index < -0.39 is 0 Å². The van der Waals surface area contributed by atoms with E-state index in [1.165, 1.54) is 11.0 Å². The minimum Gasteiger partial charge on any atom is -0.496 e. The van der Waals surface area contributed by atoms with Crippen molar-refractivity contribution in [3.63, 3.8) is 0 Å². The Bertz CT molecular complexity index is 906. The van der Waals surface area contributed by atoms with Crippen LogP contribution >= 0.6 is 0 Å². The summed E-state index contributed by atoms with van der Waals surface area (Å²) in [6.07, 6.45) is 3.92. The molecule has 6 heteroatoms. The lowest BCUT2D eigenvalue weighted by atomic mass is 10.0. The molecule has 2 amide bonds. The van der Waals surface area contributed by atoms with Crippen molar-refractivity contribution in [2.45, 2.75) is 26.3 Å². The van der Waals surface area contributed by atoms with Crippen molar-refractivity contribution >= 4 is 17.9 Å². The van der Waals surface area contributed by atoms with Crippen LogP contribution < -0.4 is 14.8 Å². The van der Waals surface area contributed by atoms with Gasteiger partial charge < -0.3 is 19.7 Å². The molecule has 160 valence electrons. The Labute approximate surface area is 178 Å². The highest BCUT2D eigenvalue weighted by atomic mass is 16.5. The molecule has 1 unspecified atom stereocenters. The predicted octanol–water partition coefficient (Wildman–Crippen LogP) is 3.75. The van der Waals surface area contributed by atoms with E-state index in [9.17, 15) is 9.59 Å². The second-order valence-electron chi connectivity index (χ2n) is 7.16. The van der Waals surface area contributed by atoms with Crippen molar-refractivity contribution in [2.75, 3.05) is 27.8 Å². The van der Waals surface area contributed by atoms with Crippen molar-refractivity contribution in [2.24, 2.45) is 0 Å². The van der Waals surface area contributed by atoms with Crippen LogP contribution in [0.2, 0.25) is 0 Å². The summed E-state index contributed by atoms with van der Waals surface area (Å²) < 4.78 is 11.1. The van der Waals surface area contributed by atoms with Gasteiger partial charge in [0.15, 0.2) is 6.61 Å². The average molecular weight is 411 g/mol. The number of hydrogen-bond donors (Lipinski definition) is 1. The highest BCUT2D eigenvalue weighted by Crippen LogP contribution is 2.27. The highest BCUT2D eigenvalue weighted by Gasteiger charge is 2.17. The number of benzene rings is 2. The van der Waals surface area contributed by atoms with Gasteiger partial charge in [-0.15, -0.1) is 0 Å². The van der Waals surface area contributed by atoms with Crippen LogP contribution in [0.3, 0.4) is 0 Å². The van der Waals surface area contributed by atoms with Gasteiger partial charge in [0.1, 0.15) is 11.5 Å². The van der Waals surface area contributed by atoms with E-state index in [0.29, 0.717) is 17.9 Å². The van der Waals surface area contributed by atoms with E-state index in [0.717, 1.165) is 16.7 Å². The molecular weight excluding hydrogens is 380 g/mol. The van der Waals surface area contributed by atoms with E-state index >= 15 is 0 Å². The third-order valence-electron chi connectivity index (χ3n) is 4.67. The van der Waals surface area contributed by atoms with Crippen LogP contribution in [0.25, 0.3) is 6.08 Å². The van der Waals surface area contributed by atoms with Gasteiger partial charge in [-0.1, -0.05) is 36.8 Å². The maximum Gasteiger partial charge on any atom is 0.259 e. The molecule has 0 saturated heterocycles. The number of hydrogen-bond acceptors (Lipinski definition) is 4. The molecule has 2 aromatic rings. The lowest BCUT2D eigenvalue weighted by molar-refractivity contribution is -0.130. The zero-order valence-electron chi connectivity index (χ0n) is 18.3. The van der Waals surface area contributed by atoms with E-state index in [2.05, 4.69) is 5.32 Å². The summed E-state index contributed by atoms with van der Waals surface area (Å²) in [4.78, 5) is 25.9. The zero-order valence-corrected chi connectivity index (χ0v) is 18.3. The Kier molecular flexibility index (Phi) is 8.47. The van der Waals surface area contributed by atoms with Crippen LogP contribution in [-0.4, -0.2) is 44.5 Å². The number of methoxy groups -OCH3 is 1. The maximum absolute atomic E-state index is 12.6. The van der Waals surface area contributed by atoms with Gasteiger partial charge in [-0.25, -0.2) is 0 Å². The fourth-order valence-corrected chi connectivity index (χ4v) is 2.94. The van der Waals surface area contributed by atoms with Gasteiger partial charge in [0.2, 0.25) is 5.91 Å². The van der Waals surface area contributed by atoms with Gasteiger partial charge in [-0.2, -0.15) is 0 Å². The molecule has 1 atom stereocenters. The molecule has 6 nitrogen and oxygen atoms in total. The van der Waals surface area contributed by atoms with Gasteiger partial charge in [0.05, 0.1) is 13.2 Å². The molecule has 0 fully saturated rings. The van der Waals surface area contributed by atoms with Crippen LogP contribution in [0.15, 0.2) is 48.5 Å². The molecule has 0 aliphatic heterocycles. The summed E-state index contributed by atoms with van der Waals surface area (Å²) in [5.74, 6) is 0.951.